The third-order valence-corrected chi connectivity index (χ3v) is 3.90. The van der Waals surface area contributed by atoms with Crippen LogP contribution in [-0.4, -0.2) is 5.51 Å². The van der Waals surface area contributed by atoms with Crippen molar-refractivity contribution in [2.75, 3.05) is 0 Å². The molecule has 0 heterocycles. The summed E-state index contributed by atoms with van der Waals surface area (Å²) in [6.07, 6.45) is 4.02. The Bertz CT molecular complexity index is 380. The van der Waals surface area contributed by atoms with E-state index < -0.39 is 5.51 Å². The quantitative estimate of drug-likeness (QED) is 0.813. The first kappa shape index (κ1) is 12.8. The van der Waals surface area contributed by atoms with E-state index in [2.05, 4.69) is 0 Å². The summed E-state index contributed by atoms with van der Waals surface area (Å²) in [6.45, 7) is 0. The van der Waals surface area contributed by atoms with E-state index in [9.17, 15) is 13.2 Å². The maximum Gasteiger partial charge on any atom is 0.446 e. The largest absolute Gasteiger partial charge is 0.446 e. The van der Waals surface area contributed by atoms with Crippen molar-refractivity contribution in [3.63, 3.8) is 0 Å². The molecule has 1 aromatic rings. The lowest BCUT2D eigenvalue weighted by Gasteiger charge is -2.24. The molecule has 94 valence electrons. The van der Waals surface area contributed by atoms with Gasteiger partial charge in [-0.2, -0.15) is 13.2 Å². The third-order valence-electron chi connectivity index (χ3n) is 3.16. The van der Waals surface area contributed by atoms with Crippen LogP contribution >= 0.6 is 11.8 Å². The van der Waals surface area contributed by atoms with Gasteiger partial charge in [0.2, 0.25) is 0 Å². The van der Waals surface area contributed by atoms with Gasteiger partial charge < -0.3 is 5.73 Å². The first-order chi connectivity index (χ1) is 7.89. The molecule has 5 heteroatoms. The Labute approximate surface area is 103 Å². The zero-order valence-corrected chi connectivity index (χ0v) is 10.1. The van der Waals surface area contributed by atoms with Gasteiger partial charge in [0.15, 0.2) is 0 Å². The van der Waals surface area contributed by atoms with Crippen LogP contribution in [0.1, 0.15) is 31.2 Å². The molecule has 0 aromatic heterocycles. The molecule has 17 heavy (non-hydrogen) atoms. The minimum absolute atomic E-state index is 0.0899. The molecule has 0 bridgehead atoms. The van der Waals surface area contributed by atoms with Gasteiger partial charge in [0, 0.05) is 10.4 Å². The molecule has 0 amide bonds. The van der Waals surface area contributed by atoms with Gasteiger partial charge in [-0.15, -0.1) is 0 Å². The smallest absolute Gasteiger partial charge is 0.321 e. The maximum atomic E-state index is 12.2. The third kappa shape index (κ3) is 3.16. The summed E-state index contributed by atoms with van der Waals surface area (Å²) >= 11 is -0.0899. The molecular weight excluding hydrogens is 247 g/mol. The van der Waals surface area contributed by atoms with Crippen LogP contribution in [0.25, 0.3) is 0 Å². The molecule has 1 saturated carbocycles. The highest BCUT2D eigenvalue weighted by Crippen LogP contribution is 2.39. The Balaban J connectivity index is 2.13. The van der Waals surface area contributed by atoms with Gasteiger partial charge in [0.05, 0.1) is 0 Å². The van der Waals surface area contributed by atoms with Crippen LogP contribution in [0.4, 0.5) is 13.2 Å². The Morgan fingerprint density at radius 2 is 1.59 bits per heavy atom. The number of hydrogen-bond donors (Lipinski definition) is 1. The molecule has 0 unspecified atom stereocenters. The summed E-state index contributed by atoms with van der Waals surface area (Å²) < 4.78 is 36.5. The molecule has 2 rings (SSSR count). The predicted octanol–water partition coefficient (Wildman–Crippen LogP) is 4.03. The minimum atomic E-state index is -4.23. The van der Waals surface area contributed by atoms with Gasteiger partial charge >= 0.3 is 5.51 Å². The first-order valence-electron chi connectivity index (χ1n) is 5.54. The number of thioether (sulfide) groups is 1. The maximum absolute atomic E-state index is 12.2. The van der Waals surface area contributed by atoms with E-state index in [1.807, 2.05) is 0 Å². The van der Waals surface area contributed by atoms with Crippen molar-refractivity contribution in [2.45, 2.75) is 41.6 Å². The summed E-state index contributed by atoms with van der Waals surface area (Å²) in [5.74, 6) is 0. The van der Waals surface area contributed by atoms with Crippen molar-refractivity contribution in [1.29, 1.82) is 0 Å². The Morgan fingerprint density at radius 1 is 1.06 bits per heavy atom. The van der Waals surface area contributed by atoms with E-state index in [1.165, 1.54) is 12.1 Å². The van der Waals surface area contributed by atoms with Gasteiger partial charge in [0.25, 0.3) is 0 Å². The number of hydrogen-bond acceptors (Lipinski definition) is 2. The van der Waals surface area contributed by atoms with Crippen LogP contribution in [-0.2, 0) is 5.54 Å². The summed E-state index contributed by atoms with van der Waals surface area (Å²) in [6, 6.07) is 6.44. The number of rotatable bonds is 2. The molecule has 1 aliphatic carbocycles. The summed E-state index contributed by atoms with van der Waals surface area (Å²) in [5.41, 5.74) is 2.62. The summed E-state index contributed by atoms with van der Waals surface area (Å²) in [4.78, 5) is 0.211. The van der Waals surface area contributed by atoms with Gasteiger partial charge in [0.1, 0.15) is 0 Å². The van der Waals surface area contributed by atoms with Crippen molar-refractivity contribution < 1.29 is 13.2 Å². The predicted molar refractivity (Wildman–Crippen MR) is 62.7 cm³/mol. The van der Waals surface area contributed by atoms with Crippen molar-refractivity contribution >= 4 is 11.8 Å². The monoisotopic (exact) mass is 261 g/mol. The van der Waals surface area contributed by atoms with Crippen LogP contribution in [0.3, 0.4) is 0 Å². The molecule has 1 aliphatic rings. The second-order valence-electron chi connectivity index (χ2n) is 4.44. The standard InChI is InChI=1S/C12H14F3NS/c13-12(14,15)17-10-5-3-9(4-6-10)11(16)7-1-2-8-11/h3-6H,1-2,7-8,16H2. The highest BCUT2D eigenvalue weighted by molar-refractivity contribution is 8.00. The van der Waals surface area contributed by atoms with Crippen molar-refractivity contribution in [3.8, 4) is 0 Å². The van der Waals surface area contributed by atoms with Gasteiger partial charge in [-0.05, 0) is 42.3 Å². The van der Waals surface area contributed by atoms with E-state index in [-0.39, 0.29) is 22.2 Å². The van der Waals surface area contributed by atoms with E-state index >= 15 is 0 Å². The fourth-order valence-corrected chi connectivity index (χ4v) is 2.82. The minimum Gasteiger partial charge on any atom is -0.321 e. The average Bonchev–Trinajstić information content (AvgIpc) is 2.65. The van der Waals surface area contributed by atoms with Gasteiger partial charge in [-0.3, -0.25) is 0 Å². The topological polar surface area (TPSA) is 26.0 Å². The molecule has 1 nitrogen and oxygen atoms in total. The highest BCUT2D eigenvalue weighted by atomic mass is 32.2. The first-order valence-corrected chi connectivity index (χ1v) is 6.36. The lowest BCUT2D eigenvalue weighted by atomic mass is 9.90. The molecule has 0 spiro atoms. The van der Waals surface area contributed by atoms with E-state index in [0.29, 0.717) is 0 Å². The van der Waals surface area contributed by atoms with Crippen LogP contribution in [0.15, 0.2) is 29.2 Å². The van der Waals surface area contributed by atoms with Crippen LogP contribution in [0, 0.1) is 0 Å². The molecule has 1 aromatic carbocycles. The molecule has 0 atom stereocenters. The van der Waals surface area contributed by atoms with Crippen LogP contribution in [0.2, 0.25) is 0 Å². The lowest BCUT2D eigenvalue weighted by Crippen LogP contribution is -2.32. The Kier molecular flexibility index (Phi) is 3.41. The van der Waals surface area contributed by atoms with Crippen LogP contribution in [0.5, 0.6) is 0 Å². The number of nitrogens with two attached hydrogens (primary N) is 1. The zero-order chi connectivity index (χ0) is 12.5. The molecule has 1 fully saturated rings. The SMILES string of the molecule is NC1(c2ccc(SC(F)(F)F)cc2)CCCC1. The second-order valence-corrected chi connectivity index (χ2v) is 5.57. The second kappa shape index (κ2) is 4.53. The van der Waals surface area contributed by atoms with E-state index in [0.717, 1.165) is 31.2 Å². The van der Waals surface area contributed by atoms with Crippen molar-refractivity contribution in [3.05, 3.63) is 29.8 Å². The number of alkyl halides is 3. The fourth-order valence-electron chi connectivity index (χ4n) is 2.28. The van der Waals surface area contributed by atoms with E-state index in [4.69, 9.17) is 5.73 Å². The average molecular weight is 261 g/mol. The normalized spacial score (nSPS) is 19.5. The molecular formula is C12H14F3NS. The fraction of sp³-hybridized carbons (Fsp3) is 0.500. The molecule has 0 radical (unpaired) electrons. The van der Waals surface area contributed by atoms with Gasteiger partial charge in [-0.1, -0.05) is 25.0 Å². The zero-order valence-electron chi connectivity index (χ0n) is 9.26. The number of benzene rings is 1. The Hall–Kier alpha value is -0.680. The summed E-state index contributed by atoms with van der Waals surface area (Å²) in [7, 11) is 0. The molecule has 0 aliphatic heterocycles. The van der Waals surface area contributed by atoms with E-state index in [1.54, 1.807) is 12.1 Å². The van der Waals surface area contributed by atoms with Crippen LogP contribution < -0.4 is 5.73 Å². The summed E-state index contributed by atoms with van der Waals surface area (Å²) in [5, 5.41) is 0. The molecule has 0 saturated heterocycles. The number of halogens is 3. The lowest BCUT2D eigenvalue weighted by molar-refractivity contribution is -0.0328. The van der Waals surface area contributed by atoms with Gasteiger partial charge in [-0.25, -0.2) is 0 Å². The molecule has 2 N–H and O–H groups in total. The van der Waals surface area contributed by atoms with Crippen molar-refractivity contribution in [1.82, 2.24) is 0 Å². The highest BCUT2D eigenvalue weighted by Gasteiger charge is 2.32. The van der Waals surface area contributed by atoms with Crippen molar-refractivity contribution in [2.24, 2.45) is 5.73 Å². The Morgan fingerprint density at radius 3 is 2.06 bits per heavy atom.